The number of allylic oxidation sites excluding steroid dienone is 8. The van der Waals surface area contributed by atoms with Crippen molar-refractivity contribution in [2.45, 2.75) is 12.8 Å². The van der Waals surface area contributed by atoms with Crippen molar-refractivity contribution >= 4 is 70.5 Å². The minimum atomic E-state index is -0.0603. The molecule has 7 aromatic carbocycles. The van der Waals surface area contributed by atoms with E-state index in [1.165, 1.54) is 59.3 Å². The molecule has 2 unspecified atom stereocenters. The molecule has 0 radical (unpaired) electrons. The van der Waals surface area contributed by atoms with Crippen molar-refractivity contribution < 1.29 is 4.42 Å². The molecule has 2 aromatic heterocycles. The first-order valence-electron chi connectivity index (χ1n) is 19.3. The van der Waals surface area contributed by atoms with E-state index in [-0.39, 0.29) is 11.3 Å². The van der Waals surface area contributed by atoms with Crippen LogP contribution in [0.25, 0.3) is 64.4 Å². The third-order valence-corrected chi connectivity index (χ3v) is 13.0. The van der Waals surface area contributed by atoms with Gasteiger partial charge in [0.1, 0.15) is 11.2 Å². The first-order chi connectivity index (χ1) is 27.6. The molecule has 9 aromatic rings. The highest BCUT2D eigenvalue weighted by atomic mass is 32.1. The van der Waals surface area contributed by atoms with Gasteiger partial charge in [-0.2, -0.15) is 0 Å². The van der Waals surface area contributed by atoms with Gasteiger partial charge >= 0.3 is 0 Å². The average molecular weight is 736 g/mol. The Morgan fingerprint density at radius 3 is 2.05 bits per heavy atom. The standard InChI is InChI=1S/C53H37NOS/c1-53-32-7-6-13-40(53)14-9-17-46(53)39-12-8-11-37(33-39)35-22-27-41(28-23-35)54(47-18-10-21-51-52(47)44-16-3-5-20-50(44)56-51)42-29-24-36(25-30-42)38-26-31-49-45(34-38)43-15-2-4-19-48(43)55-49/h2-34,46H,1H3. The number of hydrogen-bond acceptors (Lipinski definition) is 3. The van der Waals surface area contributed by atoms with E-state index in [4.69, 9.17) is 4.42 Å². The summed E-state index contributed by atoms with van der Waals surface area (Å²) in [7, 11) is 0. The summed E-state index contributed by atoms with van der Waals surface area (Å²) in [6.45, 7) is 2.35. The van der Waals surface area contributed by atoms with E-state index in [1.807, 2.05) is 23.5 Å². The molecule has 0 spiro atoms. The first-order valence-corrected chi connectivity index (χ1v) is 20.1. The maximum absolute atomic E-state index is 6.13. The van der Waals surface area contributed by atoms with Crippen LogP contribution in [0.15, 0.2) is 210 Å². The molecule has 266 valence electrons. The fourth-order valence-corrected chi connectivity index (χ4v) is 10.1. The zero-order chi connectivity index (χ0) is 37.2. The Balaban J connectivity index is 0.992. The van der Waals surface area contributed by atoms with Crippen LogP contribution in [0, 0.1) is 5.41 Å². The van der Waals surface area contributed by atoms with Crippen LogP contribution in [0.5, 0.6) is 0 Å². The van der Waals surface area contributed by atoms with Gasteiger partial charge in [-0.1, -0.05) is 147 Å². The molecular formula is C53H37NOS. The highest BCUT2D eigenvalue weighted by molar-refractivity contribution is 7.26. The van der Waals surface area contributed by atoms with Crippen LogP contribution in [0.1, 0.15) is 18.4 Å². The Morgan fingerprint density at radius 1 is 0.554 bits per heavy atom. The molecule has 0 saturated carbocycles. The van der Waals surface area contributed by atoms with Gasteiger partial charge in [-0.3, -0.25) is 0 Å². The maximum atomic E-state index is 6.13. The van der Waals surface area contributed by atoms with E-state index in [0.717, 1.165) is 33.3 Å². The largest absolute Gasteiger partial charge is 0.456 e. The lowest BCUT2D eigenvalue weighted by Crippen LogP contribution is -2.27. The lowest BCUT2D eigenvalue weighted by molar-refractivity contribution is 0.459. The van der Waals surface area contributed by atoms with Gasteiger partial charge in [0.05, 0.1) is 5.69 Å². The van der Waals surface area contributed by atoms with Gasteiger partial charge < -0.3 is 9.32 Å². The molecule has 2 nitrogen and oxygen atoms in total. The third-order valence-electron chi connectivity index (χ3n) is 11.8. The van der Waals surface area contributed by atoms with E-state index < -0.39 is 0 Å². The van der Waals surface area contributed by atoms with Gasteiger partial charge in [0.25, 0.3) is 0 Å². The Kier molecular flexibility index (Phi) is 7.58. The molecule has 0 N–H and O–H groups in total. The summed E-state index contributed by atoms with van der Waals surface area (Å²) in [5, 5.41) is 4.84. The third kappa shape index (κ3) is 5.31. The molecule has 0 amide bonds. The molecule has 56 heavy (non-hydrogen) atoms. The van der Waals surface area contributed by atoms with E-state index in [0.29, 0.717) is 0 Å². The second kappa shape index (κ2) is 13.0. The van der Waals surface area contributed by atoms with Gasteiger partial charge in [-0.05, 0) is 94.1 Å². The van der Waals surface area contributed by atoms with Crippen LogP contribution in [0.3, 0.4) is 0 Å². The Hall–Kier alpha value is -6.68. The maximum Gasteiger partial charge on any atom is 0.135 e. The van der Waals surface area contributed by atoms with Crippen molar-refractivity contribution in [3.05, 3.63) is 211 Å². The number of benzene rings is 7. The molecule has 2 aliphatic rings. The summed E-state index contributed by atoms with van der Waals surface area (Å²) in [6.07, 6.45) is 15.7. The van der Waals surface area contributed by atoms with Crippen LogP contribution in [-0.4, -0.2) is 0 Å². The van der Waals surface area contributed by atoms with Crippen molar-refractivity contribution in [1.29, 1.82) is 0 Å². The molecule has 0 aliphatic heterocycles. The summed E-state index contributed by atoms with van der Waals surface area (Å²) in [4.78, 5) is 2.42. The minimum absolute atomic E-state index is 0.0603. The number of fused-ring (bicyclic) bond motifs is 7. The minimum Gasteiger partial charge on any atom is -0.456 e. The van der Waals surface area contributed by atoms with E-state index in [2.05, 4.69) is 200 Å². The number of thiophene rings is 1. The Morgan fingerprint density at radius 2 is 1.23 bits per heavy atom. The van der Waals surface area contributed by atoms with Crippen LogP contribution in [0.4, 0.5) is 17.1 Å². The molecule has 2 atom stereocenters. The smallest absolute Gasteiger partial charge is 0.135 e. The highest BCUT2D eigenvalue weighted by Gasteiger charge is 2.36. The van der Waals surface area contributed by atoms with Crippen LogP contribution >= 0.6 is 11.3 Å². The van der Waals surface area contributed by atoms with Crippen LogP contribution < -0.4 is 4.90 Å². The molecule has 0 fully saturated rings. The number of furan rings is 1. The molecular weight excluding hydrogens is 699 g/mol. The van der Waals surface area contributed by atoms with Crippen molar-refractivity contribution in [3.8, 4) is 22.3 Å². The van der Waals surface area contributed by atoms with E-state index in [1.54, 1.807) is 0 Å². The summed E-state index contributed by atoms with van der Waals surface area (Å²) < 4.78 is 8.71. The lowest BCUT2D eigenvalue weighted by Gasteiger charge is -2.38. The highest BCUT2D eigenvalue weighted by Crippen LogP contribution is 2.49. The summed E-state index contributed by atoms with van der Waals surface area (Å²) in [5.41, 5.74) is 12.6. The number of anilines is 3. The van der Waals surface area contributed by atoms with Crippen LogP contribution in [0.2, 0.25) is 0 Å². The van der Waals surface area contributed by atoms with E-state index in [9.17, 15) is 0 Å². The fourth-order valence-electron chi connectivity index (χ4n) is 8.93. The molecule has 0 bridgehead atoms. The lowest BCUT2D eigenvalue weighted by atomic mass is 9.65. The van der Waals surface area contributed by atoms with Crippen molar-refractivity contribution in [1.82, 2.24) is 0 Å². The number of hydrogen-bond donors (Lipinski definition) is 0. The van der Waals surface area contributed by atoms with Crippen LogP contribution in [-0.2, 0) is 0 Å². The number of rotatable bonds is 6. The van der Waals surface area contributed by atoms with Gasteiger partial charge in [0.2, 0.25) is 0 Å². The monoisotopic (exact) mass is 735 g/mol. The second-order valence-electron chi connectivity index (χ2n) is 15.1. The molecule has 2 aliphatic carbocycles. The van der Waals surface area contributed by atoms with Crippen molar-refractivity contribution in [3.63, 3.8) is 0 Å². The fraction of sp³-hybridized carbons (Fsp3) is 0.0566. The zero-order valence-electron chi connectivity index (χ0n) is 30.9. The summed E-state index contributed by atoms with van der Waals surface area (Å²) >= 11 is 1.85. The zero-order valence-corrected chi connectivity index (χ0v) is 31.7. The van der Waals surface area contributed by atoms with Gasteiger partial charge in [-0.25, -0.2) is 0 Å². The van der Waals surface area contributed by atoms with Gasteiger partial charge in [0.15, 0.2) is 0 Å². The second-order valence-corrected chi connectivity index (χ2v) is 16.2. The van der Waals surface area contributed by atoms with Gasteiger partial charge in [0, 0.05) is 53.7 Å². The van der Waals surface area contributed by atoms with Crippen molar-refractivity contribution in [2.75, 3.05) is 4.90 Å². The Bertz CT molecular complexity index is 3100. The molecule has 11 rings (SSSR count). The number of nitrogens with zero attached hydrogens (tertiary/aromatic N) is 1. The SMILES string of the molecule is CC12C=CC=CC1=CC=CC2c1cccc(-c2ccc(N(c3ccc(-c4ccc5oc6ccccc6c5c4)cc3)c3cccc4sc5ccccc5c34)cc2)c1. The summed E-state index contributed by atoms with van der Waals surface area (Å²) in [5.74, 6) is 0.267. The normalized spacial score (nSPS) is 17.5. The molecule has 2 heterocycles. The summed E-state index contributed by atoms with van der Waals surface area (Å²) in [6, 6.07) is 57.5. The van der Waals surface area contributed by atoms with Crippen molar-refractivity contribution in [2.24, 2.45) is 5.41 Å². The molecule has 0 saturated heterocycles. The Labute approximate surface area is 330 Å². The topological polar surface area (TPSA) is 16.4 Å². The quantitative estimate of drug-likeness (QED) is 0.169. The van der Waals surface area contributed by atoms with Gasteiger partial charge in [-0.15, -0.1) is 11.3 Å². The average Bonchev–Trinajstić information content (AvgIpc) is 3.82. The predicted molar refractivity (Wildman–Crippen MR) is 239 cm³/mol. The first kappa shape index (κ1) is 32.7. The predicted octanol–water partition coefficient (Wildman–Crippen LogP) is 15.5. The molecule has 3 heteroatoms. The number of para-hydroxylation sites is 1. The van der Waals surface area contributed by atoms with E-state index >= 15 is 0 Å².